The van der Waals surface area contributed by atoms with Crippen molar-refractivity contribution in [3.05, 3.63) is 43.8 Å². The summed E-state index contributed by atoms with van der Waals surface area (Å²) in [6.45, 7) is 0. The Labute approximate surface area is 67.5 Å². The Bertz CT molecular complexity index is 276. The molecule has 0 aliphatic heterocycles. The highest BCUT2D eigenvalue weighted by atomic mass is 16.7. The first kappa shape index (κ1) is 8.38. The lowest BCUT2D eigenvalue weighted by Gasteiger charge is -1.90. The molecule has 1 aliphatic rings. The number of nitrogens with zero attached hydrogens (tertiary/aromatic N) is 2. The SMILES string of the molecule is O=[N+]([O-])C(=C1C=CCC1)[N+](=O)[O-]. The normalized spacial score (nSPS) is 14.8. The summed E-state index contributed by atoms with van der Waals surface area (Å²) >= 11 is 0. The van der Waals surface area contributed by atoms with Crippen molar-refractivity contribution in [1.29, 1.82) is 0 Å². The van der Waals surface area contributed by atoms with Crippen molar-refractivity contribution in [2.45, 2.75) is 12.8 Å². The van der Waals surface area contributed by atoms with Gasteiger partial charge in [-0.05, 0) is 18.9 Å². The van der Waals surface area contributed by atoms with Gasteiger partial charge in [0.15, 0.2) is 0 Å². The molecule has 0 fully saturated rings. The van der Waals surface area contributed by atoms with Gasteiger partial charge in [-0.3, -0.25) is 20.2 Å². The van der Waals surface area contributed by atoms with Gasteiger partial charge in [0.05, 0.1) is 0 Å². The maximum Gasteiger partial charge on any atom is 0.561 e. The average Bonchev–Trinajstić information content (AvgIpc) is 2.37. The van der Waals surface area contributed by atoms with E-state index in [0.29, 0.717) is 12.8 Å². The lowest BCUT2D eigenvalue weighted by atomic mass is 10.2. The number of allylic oxidation sites excluding steroid dienone is 3. The minimum atomic E-state index is -0.953. The van der Waals surface area contributed by atoms with Gasteiger partial charge in [-0.25, -0.2) is 0 Å². The molecule has 64 valence electrons. The summed E-state index contributed by atoms with van der Waals surface area (Å²) in [5, 5.41) is 20.4. The Morgan fingerprint density at radius 1 is 1.33 bits per heavy atom. The monoisotopic (exact) mass is 170 g/mol. The molecule has 6 nitrogen and oxygen atoms in total. The van der Waals surface area contributed by atoms with Crippen LogP contribution in [0.4, 0.5) is 0 Å². The molecule has 12 heavy (non-hydrogen) atoms. The van der Waals surface area contributed by atoms with E-state index in [9.17, 15) is 20.2 Å². The molecule has 0 amide bonds. The van der Waals surface area contributed by atoms with Crippen LogP contribution in [0.3, 0.4) is 0 Å². The summed E-state index contributed by atoms with van der Waals surface area (Å²) in [4.78, 5) is 18.5. The molecule has 0 saturated heterocycles. The summed E-state index contributed by atoms with van der Waals surface area (Å²) in [5.74, 6) is -0.899. The lowest BCUT2D eigenvalue weighted by Crippen LogP contribution is -2.11. The zero-order valence-corrected chi connectivity index (χ0v) is 6.10. The van der Waals surface area contributed by atoms with Crippen molar-refractivity contribution in [1.82, 2.24) is 0 Å². The average molecular weight is 170 g/mol. The third-order valence-electron chi connectivity index (χ3n) is 1.53. The van der Waals surface area contributed by atoms with E-state index in [4.69, 9.17) is 0 Å². The fraction of sp³-hybridized carbons (Fsp3) is 0.333. The van der Waals surface area contributed by atoms with Gasteiger partial charge in [0.2, 0.25) is 0 Å². The topological polar surface area (TPSA) is 86.3 Å². The summed E-state index contributed by atoms with van der Waals surface area (Å²) in [6.07, 6.45) is 4.14. The smallest absolute Gasteiger partial charge is 0.253 e. The van der Waals surface area contributed by atoms with Gasteiger partial charge < -0.3 is 0 Å². The van der Waals surface area contributed by atoms with Crippen LogP contribution in [-0.2, 0) is 0 Å². The van der Waals surface area contributed by atoms with Crippen LogP contribution in [0.2, 0.25) is 0 Å². The van der Waals surface area contributed by atoms with Gasteiger partial charge in [0, 0.05) is 0 Å². The quantitative estimate of drug-likeness (QED) is 0.458. The fourth-order valence-corrected chi connectivity index (χ4v) is 1.04. The third kappa shape index (κ3) is 1.47. The van der Waals surface area contributed by atoms with Crippen LogP contribution in [0.5, 0.6) is 0 Å². The van der Waals surface area contributed by atoms with E-state index in [1.807, 2.05) is 0 Å². The predicted octanol–water partition coefficient (Wildman–Crippen LogP) is 1.10. The van der Waals surface area contributed by atoms with Crippen LogP contribution >= 0.6 is 0 Å². The van der Waals surface area contributed by atoms with E-state index in [1.54, 1.807) is 6.08 Å². The minimum Gasteiger partial charge on any atom is -0.253 e. The molecule has 0 spiro atoms. The largest absolute Gasteiger partial charge is 0.561 e. The van der Waals surface area contributed by atoms with Crippen molar-refractivity contribution in [3.8, 4) is 0 Å². The molecular formula is C6H6N2O4. The van der Waals surface area contributed by atoms with E-state index in [2.05, 4.69) is 0 Å². The van der Waals surface area contributed by atoms with Crippen LogP contribution in [-0.4, -0.2) is 9.85 Å². The first-order valence-corrected chi connectivity index (χ1v) is 3.31. The molecular weight excluding hydrogens is 164 g/mol. The van der Waals surface area contributed by atoms with Crippen molar-refractivity contribution >= 4 is 0 Å². The van der Waals surface area contributed by atoms with Gasteiger partial charge >= 0.3 is 5.82 Å². The van der Waals surface area contributed by atoms with Crippen molar-refractivity contribution < 1.29 is 9.85 Å². The van der Waals surface area contributed by atoms with E-state index >= 15 is 0 Å². The molecule has 0 heterocycles. The number of rotatable bonds is 2. The molecule has 0 aromatic rings. The number of hydrogen-bond acceptors (Lipinski definition) is 4. The second-order valence-corrected chi connectivity index (χ2v) is 2.30. The molecule has 1 aliphatic carbocycles. The highest BCUT2D eigenvalue weighted by Gasteiger charge is 2.31. The molecule has 0 unspecified atom stereocenters. The van der Waals surface area contributed by atoms with Gasteiger partial charge in [-0.15, -0.1) is 0 Å². The summed E-state index contributed by atoms with van der Waals surface area (Å²) in [6, 6.07) is 0. The summed E-state index contributed by atoms with van der Waals surface area (Å²) in [7, 11) is 0. The second kappa shape index (κ2) is 3.12. The maximum atomic E-state index is 10.2. The molecule has 0 aromatic carbocycles. The highest BCUT2D eigenvalue weighted by molar-refractivity contribution is 5.24. The summed E-state index contributed by atoms with van der Waals surface area (Å²) < 4.78 is 0. The minimum absolute atomic E-state index is 0.199. The Morgan fingerprint density at radius 3 is 2.25 bits per heavy atom. The lowest BCUT2D eigenvalue weighted by molar-refractivity contribution is -0.617. The van der Waals surface area contributed by atoms with Crippen LogP contribution in [0.25, 0.3) is 0 Å². The van der Waals surface area contributed by atoms with E-state index in [0.717, 1.165) is 0 Å². The third-order valence-corrected chi connectivity index (χ3v) is 1.53. The first-order chi connectivity index (χ1) is 5.63. The highest BCUT2D eigenvalue weighted by Crippen LogP contribution is 2.20. The van der Waals surface area contributed by atoms with Gasteiger partial charge in [0.25, 0.3) is 0 Å². The van der Waals surface area contributed by atoms with Gasteiger partial charge in [0.1, 0.15) is 15.4 Å². The number of hydrogen-bond donors (Lipinski definition) is 0. The summed E-state index contributed by atoms with van der Waals surface area (Å²) in [5.41, 5.74) is 0.199. The van der Waals surface area contributed by atoms with Crippen molar-refractivity contribution in [2.24, 2.45) is 0 Å². The molecule has 0 saturated carbocycles. The Morgan fingerprint density at radius 2 is 1.92 bits per heavy atom. The standard InChI is InChI=1S/C6H6N2O4/c9-7(10)6(8(11)12)5-3-1-2-4-5/h1,3H,2,4H2. The van der Waals surface area contributed by atoms with E-state index < -0.39 is 15.7 Å². The predicted molar refractivity (Wildman–Crippen MR) is 39.4 cm³/mol. The van der Waals surface area contributed by atoms with E-state index in [-0.39, 0.29) is 5.57 Å². The van der Waals surface area contributed by atoms with Crippen molar-refractivity contribution in [3.63, 3.8) is 0 Å². The molecule has 0 aromatic heterocycles. The van der Waals surface area contributed by atoms with Crippen LogP contribution < -0.4 is 0 Å². The van der Waals surface area contributed by atoms with E-state index in [1.165, 1.54) is 6.08 Å². The zero-order valence-electron chi connectivity index (χ0n) is 6.10. The molecule has 0 bridgehead atoms. The van der Waals surface area contributed by atoms with Crippen LogP contribution in [0.1, 0.15) is 12.8 Å². The van der Waals surface area contributed by atoms with Gasteiger partial charge in [-0.1, -0.05) is 6.08 Å². The Kier molecular flexibility index (Phi) is 2.18. The Hall–Kier alpha value is -1.72. The molecule has 6 heteroatoms. The second-order valence-electron chi connectivity index (χ2n) is 2.30. The van der Waals surface area contributed by atoms with Gasteiger partial charge in [-0.2, -0.15) is 0 Å². The molecule has 0 N–H and O–H groups in total. The molecule has 0 radical (unpaired) electrons. The fourth-order valence-electron chi connectivity index (χ4n) is 1.04. The molecule has 1 rings (SSSR count). The molecule has 0 atom stereocenters. The first-order valence-electron chi connectivity index (χ1n) is 3.31. The Balaban J connectivity index is 3.06. The van der Waals surface area contributed by atoms with Crippen molar-refractivity contribution in [2.75, 3.05) is 0 Å². The number of nitro groups is 2. The van der Waals surface area contributed by atoms with Crippen LogP contribution in [0.15, 0.2) is 23.5 Å². The van der Waals surface area contributed by atoms with Crippen LogP contribution in [0, 0.1) is 20.2 Å². The maximum absolute atomic E-state index is 10.2. The zero-order chi connectivity index (χ0) is 9.14.